The van der Waals surface area contributed by atoms with Gasteiger partial charge in [-0.3, -0.25) is 4.90 Å². The van der Waals surface area contributed by atoms with Crippen molar-refractivity contribution in [3.63, 3.8) is 0 Å². The molecule has 0 radical (unpaired) electrons. The second-order valence-electron chi connectivity index (χ2n) is 7.08. The van der Waals surface area contributed by atoms with Crippen molar-refractivity contribution in [3.8, 4) is 0 Å². The number of nitrogens with zero attached hydrogens (tertiary/aromatic N) is 2. The molecule has 6 nitrogen and oxygen atoms in total. The van der Waals surface area contributed by atoms with E-state index in [0.717, 1.165) is 44.1 Å². The maximum absolute atomic E-state index is 11.4. The van der Waals surface area contributed by atoms with Crippen LogP contribution in [-0.2, 0) is 14.6 Å². The molecule has 1 aliphatic heterocycles. The fourth-order valence-corrected chi connectivity index (χ4v) is 4.31. The van der Waals surface area contributed by atoms with E-state index in [1.54, 1.807) is 0 Å². The van der Waals surface area contributed by atoms with Crippen LogP contribution in [0.1, 0.15) is 27.2 Å². The molecule has 0 saturated carbocycles. The monoisotopic (exact) mass is 371 g/mol. The normalized spacial score (nSPS) is 25.9. The van der Waals surface area contributed by atoms with Gasteiger partial charge in [0.05, 0.1) is 18.1 Å². The van der Waals surface area contributed by atoms with Crippen molar-refractivity contribution in [3.05, 3.63) is 23.2 Å². The Kier molecular flexibility index (Phi) is 6.79. The molecule has 1 heterocycles. The molecule has 0 amide bonds. The summed E-state index contributed by atoms with van der Waals surface area (Å²) in [6, 6.07) is 0. The van der Waals surface area contributed by atoms with Crippen molar-refractivity contribution in [2.45, 2.75) is 27.2 Å². The minimum Gasteiger partial charge on any atom is -0.492 e. The van der Waals surface area contributed by atoms with Crippen molar-refractivity contribution in [1.82, 2.24) is 9.80 Å². The minimum absolute atomic E-state index is 0.234. The van der Waals surface area contributed by atoms with E-state index in [9.17, 15) is 8.42 Å². The van der Waals surface area contributed by atoms with Crippen LogP contribution in [0.2, 0.25) is 0 Å². The van der Waals surface area contributed by atoms with Gasteiger partial charge in [0.2, 0.25) is 0 Å². The van der Waals surface area contributed by atoms with Crippen molar-refractivity contribution >= 4 is 9.84 Å². The molecule has 0 bridgehead atoms. The lowest BCUT2D eigenvalue weighted by Crippen LogP contribution is -2.49. The summed E-state index contributed by atoms with van der Waals surface area (Å²) in [5, 5.41) is 0. The number of piperazine rings is 1. The van der Waals surface area contributed by atoms with Crippen LogP contribution in [0.3, 0.4) is 0 Å². The fraction of sp³-hybridized carbons (Fsp3) is 0.778. The van der Waals surface area contributed by atoms with Crippen LogP contribution in [0.15, 0.2) is 23.2 Å². The largest absolute Gasteiger partial charge is 0.492 e. The Hall–Kier alpha value is -1.21. The highest BCUT2D eigenvalue weighted by atomic mass is 32.2. The Morgan fingerprint density at radius 2 is 1.88 bits per heavy atom. The Balaban J connectivity index is 2.06. The predicted octanol–water partition coefficient (Wildman–Crippen LogP) is 1.42. The first-order valence-electron chi connectivity index (χ1n) is 9.25. The fourth-order valence-electron chi connectivity index (χ4n) is 3.72. The highest BCUT2D eigenvalue weighted by molar-refractivity contribution is 7.90. The zero-order valence-corrected chi connectivity index (χ0v) is 16.8. The van der Waals surface area contributed by atoms with Crippen LogP contribution in [0.25, 0.3) is 0 Å². The topological polar surface area (TPSA) is 75.9 Å². The van der Waals surface area contributed by atoms with Gasteiger partial charge in [0.1, 0.15) is 15.6 Å². The van der Waals surface area contributed by atoms with Crippen LogP contribution in [0.5, 0.6) is 0 Å². The lowest BCUT2D eigenvalue weighted by atomic mass is 9.81. The SMILES string of the molecule is CCOC1=C(N)C(C)C(CC)C(N2CCN(CCS(C)(=O)=O)CC2)=C1. The second kappa shape index (κ2) is 8.45. The van der Waals surface area contributed by atoms with E-state index in [1.165, 1.54) is 12.0 Å². The second-order valence-corrected chi connectivity index (χ2v) is 9.34. The zero-order valence-electron chi connectivity index (χ0n) is 16.0. The average Bonchev–Trinajstić information content (AvgIpc) is 2.57. The van der Waals surface area contributed by atoms with Gasteiger partial charge in [-0.25, -0.2) is 8.42 Å². The van der Waals surface area contributed by atoms with Crippen molar-refractivity contribution in [2.75, 3.05) is 51.3 Å². The van der Waals surface area contributed by atoms with Crippen LogP contribution in [0.4, 0.5) is 0 Å². The summed E-state index contributed by atoms with van der Waals surface area (Å²) in [7, 11) is -2.90. The Morgan fingerprint density at radius 1 is 1.24 bits per heavy atom. The first kappa shape index (κ1) is 20.1. The molecular weight excluding hydrogens is 338 g/mol. The maximum Gasteiger partial charge on any atom is 0.148 e. The van der Waals surface area contributed by atoms with E-state index < -0.39 is 9.84 Å². The molecule has 2 N–H and O–H groups in total. The lowest BCUT2D eigenvalue weighted by Gasteiger charge is -2.42. The molecule has 0 aromatic rings. The molecule has 2 atom stereocenters. The highest BCUT2D eigenvalue weighted by Crippen LogP contribution is 2.36. The standard InChI is InChI=1S/C18H33N3O3S/c1-5-15-14(3)18(19)17(24-6-2)13-16(15)21-9-7-20(8-10-21)11-12-25(4,22)23/h13-15H,5-12,19H2,1-4H3. The van der Waals surface area contributed by atoms with Gasteiger partial charge >= 0.3 is 0 Å². The number of ether oxygens (including phenoxy) is 1. The first-order chi connectivity index (χ1) is 11.8. The van der Waals surface area contributed by atoms with E-state index in [-0.39, 0.29) is 11.7 Å². The van der Waals surface area contributed by atoms with Gasteiger partial charge in [-0.15, -0.1) is 0 Å². The quantitative estimate of drug-likeness (QED) is 0.729. The highest BCUT2D eigenvalue weighted by Gasteiger charge is 2.32. The van der Waals surface area contributed by atoms with Crippen LogP contribution >= 0.6 is 0 Å². The molecule has 1 saturated heterocycles. The number of hydrogen-bond acceptors (Lipinski definition) is 6. The van der Waals surface area contributed by atoms with Gasteiger partial charge in [-0.05, 0) is 13.3 Å². The predicted molar refractivity (Wildman–Crippen MR) is 102 cm³/mol. The summed E-state index contributed by atoms with van der Waals surface area (Å²) in [5.41, 5.74) is 8.46. The van der Waals surface area contributed by atoms with Crippen molar-refractivity contribution in [2.24, 2.45) is 17.6 Å². The third kappa shape index (κ3) is 5.14. The van der Waals surface area contributed by atoms with Crippen LogP contribution in [-0.4, -0.2) is 69.6 Å². The van der Waals surface area contributed by atoms with Gasteiger partial charge in [0.15, 0.2) is 0 Å². The number of nitrogens with two attached hydrogens (primary N) is 1. The number of hydrogen-bond donors (Lipinski definition) is 1. The average molecular weight is 372 g/mol. The number of rotatable bonds is 7. The number of allylic oxidation sites excluding steroid dienone is 3. The first-order valence-corrected chi connectivity index (χ1v) is 11.3. The summed E-state index contributed by atoms with van der Waals surface area (Å²) in [6.45, 7) is 11.2. The third-order valence-corrected chi connectivity index (χ3v) is 6.22. The molecule has 2 rings (SSSR count). The molecule has 0 aromatic heterocycles. The molecule has 1 aliphatic carbocycles. The van der Waals surface area contributed by atoms with E-state index in [4.69, 9.17) is 10.5 Å². The molecule has 25 heavy (non-hydrogen) atoms. The minimum atomic E-state index is -2.90. The summed E-state index contributed by atoms with van der Waals surface area (Å²) < 4.78 is 28.5. The summed E-state index contributed by atoms with van der Waals surface area (Å²) in [6.07, 6.45) is 4.47. The molecule has 7 heteroatoms. The van der Waals surface area contributed by atoms with E-state index in [1.807, 2.05) is 6.92 Å². The molecule has 2 unspecified atom stereocenters. The Morgan fingerprint density at radius 3 is 2.40 bits per heavy atom. The maximum atomic E-state index is 11.4. The summed E-state index contributed by atoms with van der Waals surface area (Å²) in [5.74, 6) is 1.73. The van der Waals surface area contributed by atoms with Gasteiger partial charge in [0.25, 0.3) is 0 Å². The summed E-state index contributed by atoms with van der Waals surface area (Å²) >= 11 is 0. The Labute approximate surface area is 152 Å². The smallest absolute Gasteiger partial charge is 0.148 e. The Bertz CT molecular complexity index is 619. The van der Waals surface area contributed by atoms with Crippen molar-refractivity contribution in [1.29, 1.82) is 0 Å². The summed E-state index contributed by atoms with van der Waals surface area (Å²) in [4.78, 5) is 4.66. The molecule has 0 aromatic carbocycles. The van der Waals surface area contributed by atoms with Gasteiger partial charge in [-0.2, -0.15) is 0 Å². The van der Waals surface area contributed by atoms with Crippen molar-refractivity contribution < 1.29 is 13.2 Å². The van der Waals surface area contributed by atoms with Gasteiger partial charge in [0, 0.05) is 62.6 Å². The molecule has 2 aliphatic rings. The molecule has 0 spiro atoms. The molecule has 1 fully saturated rings. The van der Waals surface area contributed by atoms with Gasteiger partial charge in [-0.1, -0.05) is 13.8 Å². The van der Waals surface area contributed by atoms with Crippen LogP contribution < -0.4 is 5.73 Å². The van der Waals surface area contributed by atoms with Gasteiger partial charge < -0.3 is 15.4 Å². The molecule has 144 valence electrons. The van der Waals surface area contributed by atoms with E-state index >= 15 is 0 Å². The van der Waals surface area contributed by atoms with E-state index in [0.29, 0.717) is 19.1 Å². The number of sulfone groups is 1. The van der Waals surface area contributed by atoms with Crippen LogP contribution in [0, 0.1) is 11.8 Å². The van der Waals surface area contributed by atoms with E-state index in [2.05, 4.69) is 29.7 Å². The third-order valence-electron chi connectivity index (χ3n) is 5.29. The lowest BCUT2D eigenvalue weighted by molar-refractivity contribution is 0.142. The molecular formula is C18H33N3O3S. The zero-order chi connectivity index (χ0) is 18.6.